The lowest BCUT2D eigenvalue weighted by Gasteiger charge is -2.27. The van der Waals surface area contributed by atoms with E-state index in [4.69, 9.17) is 14.8 Å². The van der Waals surface area contributed by atoms with Crippen molar-refractivity contribution in [3.8, 4) is 10.4 Å². The van der Waals surface area contributed by atoms with Gasteiger partial charge in [-0.3, -0.25) is 4.68 Å². The van der Waals surface area contributed by atoms with Crippen LogP contribution < -0.4 is 10.3 Å². The molecular weight excluding hydrogens is 432 g/mol. The normalized spacial score (nSPS) is 21.7. The van der Waals surface area contributed by atoms with Crippen LogP contribution in [0.15, 0.2) is 53.9 Å². The highest BCUT2D eigenvalue weighted by atomic mass is 32.1. The number of hydrogen-bond donors (Lipinski definition) is 1. The van der Waals surface area contributed by atoms with Gasteiger partial charge in [-0.1, -0.05) is 12.1 Å². The molecule has 1 saturated heterocycles. The van der Waals surface area contributed by atoms with E-state index in [1.807, 2.05) is 35.5 Å². The Labute approximate surface area is 195 Å². The second-order valence-electron chi connectivity index (χ2n) is 8.95. The quantitative estimate of drug-likeness (QED) is 0.509. The third-order valence-corrected chi connectivity index (χ3v) is 8.29. The number of pyridine rings is 1. The summed E-state index contributed by atoms with van der Waals surface area (Å²) in [6, 6.07) is 13.5. The maximum absolute atomic E-state index is 5.45. The number of hydrogen-bond acceptors (Lipinski definition) is 7. The summed E-state index contributed by atoms with van der Waals surface area (Å²) < 4.78 is 7.38. The van der Waals surface area contributed by atoms with Gasteiger partial charge in [0.05, 0.1) is 36.7 Å². The molecule has 33 heavy (non-hydrogen) atoms. The Morgan fingerprint density at radius 3 is 2.79 bits per heavy atom. The van der Waals surface area contributed by atoms with Crippen LogP contribution in [0, 0.1) is 5.92 Å². The highest BCUT2D eigenvalue weighted by molar-refractivity contribution is 7.15. The first-order valence-corrected chi connectivity index (χ1v) is 12.2. The Morgan fingerprint density at radius 1 is 1.06 bits per heavy atom. The molecule has 7 nitrogen and oxygen atoms in total. The van der Waals surface area contributed by atoms with Crippen LogP contribution in [-0.2, 0) is 18.2 Å². The van der Waals surface area contributed by atoms with Gasteiger partial charge < -0.3 is 15.1 Å². The van der Waals surface area contributed by atoms with Gasteiger partial charge in [-0.2, -0.15) is 10.2 Å². The lowest BCUT2D eigenvalue weighted by atomic mass is 9.92. The Balaban J connectivity index is 1.13. The molecule has 3 aliphatic rings. The average molecular weight is 457 g/mol. The van der Waals surface area contributed by atoms with Gasteiger partial charge in [-0.25, -0.2) is 4.98 Å². The molecule has 1 fully saturated rings. The zero-order valence-electron chi connectivity index (χ0n) is 18.4. The number of anilines is 1. The number of nitrogens with one attached hydrogen (secondary N) is 1. The van der Waals surface area contributed by atoms with Crippen LogP contribution in [0.3, 0.4) is 0 Å². The lowest BCUT2D eigenvalue weighted by Crippen LogP contribution is -2.36. The summed E-state index contributed by atoms with van der Waals surface area (Å²) >= 11 is 1.89. The number of fused-ring (bicyclic) bond motifs is 4. The van der Waals surface area contributed by atoms with Crippen molar-refractivity contribution in [2.24, 2.45) is 18.1 Å². The third-order valence-electron chi connectivity index (χ3n) is 7.07. The standard InChI is InChI=1S/C25H24N6OS/c1-30-20-10-15(2-3-16(20)14-27-30)24-19-12-22-18(25(19)29-28-24)11-21(33-22)17-4-5-23(26-13-17)31-6-8-32-9-7-31/h2-5,10-11,13-14,19,25,29H,6-9,12H2,1H3. The van der Waals surface area contributed by atoms with Gasteiger partial charge in [0.25, 0.3) is 0 Å². The molecule has 0 amide bonds. The number of aromatic nitrogens is 3. The predicted octanol–water partition coefficient (Wildman–Crippen LogP) is 3.75. The molecule has 2 unspecified atom stereocenters. The van der Waals surface area contributed by atoms with Gasteiger partial charge in [0, 0.05) is 58.5 Å². The van der Waals surface area contributed by atoms with E-state index in [0.717, 1.165) is 55.2 Å². The fourth-order valence-electron chi connectivity index (χ4n) is 5.27. The zero-order valence-corrected chi connectivity index (χ0v) is 19.2. The van der Waals surface area contributed by atoms with E-state index in [1.165, 1.54) is 26.4 Å². The molecule has 8 heteroatoms. The number of rotatable bonds is 3. The molecule has 1 aliphatic carbocycles. The number of morpholine rings is 1. The van der Waals surface area contributed by atoms with Crippen molar-refractivity contribution in [2.45, 2.75) is 12.5 Å². The van der Waals surface area contributed by atoms with E-state index in [9.17, 15) is 0 Å². The highest BCUT2D eigenvalue weighted by Gasteiger charge is 2.41. The average Bonchev–Trinajstić information content (AvgIpc) is 3.61. The van der Waals surface area contributed by atoms with E-state index in [2.05, 4.69) is 51.8 Å². The van der Waals surface area contributed by atoms with Crippen molar-refractivity contribution in [3.05, 3.63) is 64.8 Å². The van der Waals surface area contributed by atoms with Crippen LogP contribution in [-0.4, -0.2) is 46.8 Å². The smallest absolute Gasteiger partial charge is 0.128 e. The lowest BCUT2D eigenvalue weighted by molar-refractivity contribution is 0.122. The molecular formula is C25H24N6OS. The number of nitrogens with zero attached hydrogens (tertiary/aromatic N) is 5. The second-order valence-corrected chi connectivity index (χ2v) is 10.1. The third kappa shape index (κ3) is 3.08. The van der Waals surface area contributed by atoms with E-state index in [1.54, 1.807) is 0 Å². The summed E-state index contributed by atoms with van der Waals surface area (Å²) in [5, 5.41) is 10.3. The zero-order chi connectivity index (χ0) is 21.9. The minimum absolute atomic E-state index is 0.253. The predicted molar refractivity (Wildman–Crippen MR) is 131 cm³/mol. The minimum Gasteiger partial charge on any atom is -0.378 e. The number of benzene rings is 1. The van der Waals surface area contributed by atoms with Gasteiger partial charge in [0.15, 0.2) is 0 Å². The topological polar surface area (TPSA) is 67.6 Å². The number of aryl methyl sites for hydroxylation is 1. The summed E-state index contributed by atoms with van der Waals surface area (Å²) in [6.45, 7) is 3.36. The number of hydrazone groups is 1. The van der Waals surface area contributed by atoms with E-state index >= 15 is 0 Å². The SMILES string of the molecule is Cn1ncc2ccc(C3=NNC4c5cc(-c6ccc(N7CCOCC7)nc6)sc5CC34)cc21. The first-order valence-electron chi connectivity index (χ1n) is 11.4. The van der Waals surface area contributed by atoms with Crippen LogP contribution in [0.1, 0.15) is 22.0 Å². The summed E-state index contributed by atoms with van der Waals surface area (Å²) in [6.07, 6.45) is 4.95. The van der Waals surface area contributed by atoms with Gasteiger partial charge in [-0.15, -0.1) is 11.3 Å². The van der Waals surface area contributed by atoms with Crippen molar-refractivity contribution in [2.75, 3.05) is 31.2 Å². The first-order chi connectivity index (χ1) is 16.2. The monoisotopic (exact) mass is 456 g/mol. The fourth-order valence-corrected chi connectivity index (χ4v) is 6.53. The molecule has 0 saturated carbocycles. The molecule has 1 N–H and O–H groups in total. The second kappa shape index (κ2) is 7.40. The molecule has 0 bridgehead atoms. The molecule has 2 atom stereocenters. The summed E-state index contributed by atoms with van der Waals surface area (Å²) in [7, 11) is 1.99. The Hall–Kier alpha value is -3.23. The van der Waals surface area contributed by atoms with Crippen molar-refractivity contribution in [1.82, 2.24) is 20.2 Å². The summed E-state index contributed by atoms with van der Waals surface area (Å²) in [5.74, 6) is 1.42. The summed E-state index contributed by atoms with van der Waals surface area (Å²) in [5.41, 5.74) is 9.49. The molecule has 166 valence electrons. The summed E-state index contributed by atoms with van der Waals surface area (Å²) in [4.78, 5) is 9.77. The Morgan fingerprint density at radius 2 is 1.94 bits per heavy atom. The van der Waals surface area contributed by atoms with Crippen molar-refractivity contribution in [3.63, 3.8) is 0 Å². The largest absolute Gasteiger partial charge is 0.378 e. The Kier molecular flexibility index (Phi) is 4.32. The molecule has 0 spiro atoms. The van der Waals surface area contributed by atoms with Gasteiger partial charge in [-0.05, 0) is 36.2 Å². The first kappa shape index (κ1) is 19.3. The van der Waals surface area contributed by atoms with Crippen molar-refractivity contribution in [1.29, 1.82) is 0 Å². The van der Waals surface area contributed by atoms with E-state index in [0.29, 0.717) is 5.92 Å². The molecule has 3 aromatic heterocycles. The Bertz CT molecular complexity index is 1380. The van der Waals surface area contributed by atoms with Gasteiger partial charge in [0.2, 0.25) is 0 Å². The number of thiophene rings is 1. The van der Waals surface area contributed by atoms with Crippen molar-refractivity contribution < 1.29 is 4.74 Å². The molecule has 7 rings (SSSR count). The highest BCUT2D eigenvalue weighted by Crippen LogP contribution is 2.47. The minimum atomic E-state index is 0.253. The van der Waals surface area contributed by atoms with Crippen LogP contribution in [0.25, 0.3) is 21.3 Å². The van der Waals surface area contributed by atoms with Gasteiger partial charge in [0.1, 0.15) is 5.82 Å². The molecule has 2 aliphatic heterocycles. The van der Waals surface area contributed by atoms with Crippen LogP contribution in [0.5, 0.6) is 0 Å². The van der Waals surface area contributed by atoms with E-state index < -0.39 is 0 Å². The fraction of sp³-hybridized carbons (Fsp3) is 0.320. The molecule has 1 aromatic carbocycles. The molecule has 4 aromatic rings. The maximum atomic E-state index is 5.45. The van der Waals surface area contributed by atoms with Crippen LogP contribution in [0.4, 0.5) is 5.82 Å². The molecule has 0 radical (unpaired) electrons. The van der Waals surface area contributed by atoms with Crippen LogP contribution in [0.2, 0.25) is 0 Å². The van der Waals surface area contributed by atoms with Crippen molar-refractivity contribution >= 4 is 33.8 Å². The number of ether oxygens (including phenoxy) is 1. The molecule has 5 heterocycles. The maximum Gasteiger partial charge on any atom is 0.128 e. The van der Waals surface area contributed by atoms with Crippen LogP contribution >= 0.6 is 11.3 Å². The van der Waals surface area contributed by atoms with Gasteiger partial charge >= 0.3 is 0 Å². The van der Waals surface area contributed by atoms with E-state index in [-0.39, 0.29) is 6.04 Å².